The van der Waals surface area contributed by atoms with Crippen LogP contribution in [-0.2, 0) is 0 Å². The zero-order valence-corrected chi connectivity index (χ0v) is 14.3. The van der Waals surface area contributed by atoms with Crippen molar-refractivity contribution >= 4 is 0 Å². The molecule has 2 rings (SSSR count). The van der Waals surface area contributed by atoms with Gasteiger partial charge in [0.15, 0.2) is 0 Å². The van der Waals surface area contributed by atoms with E-state index in [0.29, 0.717) is 12.0 Å². The Morgan fingerprint density at radius 1 is 1.00 bits per heavy atom. The van der Waals surface area contributed by atoms with Gasteiger partial charge in [-0.1, -0.05) is 58.0 Å². The molecule has 1 aromatic rings. The van der Waals surface area contributed by atoms with Crippen LogP contribution < -0.4 is 5.32 Å². The van der Waals surface area contributed by atoms with Crippen molar-refractivity contribution in [2.45, 2.75) is 65.3 Å². The average molecular weight is 287 g/mol. The van der Waals surface area contributed by atoms with E-state index in [-0.39, 0.29) is 0 Å². The topological polar surface area (TPSA) is 12.0 Å². The van der Waals surface area contributed by atoms with Crippen molar-refractivity contribution in [1.29, 1.82) is 0 Å². The maximum atomic E-state index is 3.66. The van der Waals surface area contributed by atoms with Crippen LogP contribution in [0.15, 0.2) is 30.3 Å². The van der Waals surface area contributed by atoms with Gasteiger partial charge in [-0.05, 0) is 54.9 Å². The first-order chi connectivity index (χ1) is 10.0. The summed E-state index contributed by atoms with van der Waals surface area (Å²) in [5.41, 5.74) is 1.51. The largest absolute Gasteiger partial charge is 0.314 e. The average Bonchev–Trinajstić information content (AvgIpc) is 2.43. The maximum absolute atomic E-state index is 3.66. The van der Waals surface area contributed by atoms with Crippen LogP contribution in [0, 0.1) is 17.8 Å². The van der Waals surface area contributed by atoms with Gasteiger partial charge >= 0.3 is 0 Å². The van der Waals surface area contributed by atoms with E-state index in [9.17, 15) is 0 Å². The molecule has 1 fully saturated rings. The minimum atomic E-state index is 0.570. The minimum Gasteiger partial charge on any atom is -0.314 e. The summed E-state index contributed by atoms with van der Waals surface area (Å²) in [4.78, 5) is 0. The predicted molar refractivity (Wildman–Crippen MR) is 92.6 cm³/mol. The van der Waals surface area contributed by atoms with Crippen LogP contribution in [-0.4, -0.2) is 12.6 Å². The van der Waals surface area contributed by atoms with Crippen LogP contribution in [0.2, 0.25) is 0 Å². The van der Waals surface area contributed by atoms with Crippen molar-refractivity contribution < 1.29 is 0 Å². The SMILES string of the molecule is CC1CC(C)CC(CC(CNC(C)C)c2ccccc2)C1. The van der Waals surface area contributed by atoms with Crippen LogP contribution >= 0.6 is 0 Å². The number of benzene rings is 1. The van der Waals surface area contributed by atoms with E-state index in [1.54, 1.807) is 0 Å². The molecule has 1 heteroatoms. The molecule has 0 heterocycles. The molecule has 1 aliphatic carbocycles. The Bertz CT molecular complexity index is 388. The van der Waals surface area contributed by atoms with Gasteiger partial charge in [-0.25, -0.2) is 0 Å². The van der Waals surface area contributed by atoms with Crippen LogP contribution in [0.3, 0.4) is 0 Å². The molecule has 0 amide bonds. The molecule has 0 radical (unpaired) electrons. The van der Waals surface area contributed by atoms with E-state index in [4.69, 9.17) is 0 Å². The molecule has 1 saturated carbocycles. The third-order valence-electron chi connectivity index (χ3n) is 4.94. The summed E-state index contributed by atoms with van der Waals surface area (Å²) in [6.07, 6.45) is 5.62. The molecule has 0 aliphatic heterocycles. The lowest BCUT2D eigenvalue weighted by atomic mass is 9.73. The van der Waals surface area contributed by atoms with Gasteiger partial charge in [-0.15, -0.1) is 0 Å². The molecule has 3 unspecified atom stereocenters. The van der Waals surface area contributed by atoms with E-state index in [1.807, 2.05) is 0 Å². The monoisotopic (exact) mass is 287 g/mol. The smallest absolute Gasteiger partial charge is 0.00226 e. The lowest BCUT2D eigenvalue weighted by Crippen LogP contribution is -2.30. The first kappa shape index (κ1) is 16.5. The van der Waals surface area contributed by atoms with E-state index in [0.717, 1.165) is 24.3 Å². The van der Waals surface area contributed by atoms with Crippen molar-refractivity contribution in [2.24, 2.45) is 17.8 Å². The molecular formula is C20H33N. The third-order valence-corrected chi connectivity index (χ3v) is 4.94. The summed E-state index contributed by atoms with van der Waals surface area (Å²) >= 11 is 0. The Hall–Kier alpha value is -0.820. The standard InChI is InChI=1S/C20H33N/c1-15(2)21-14-20(19-8-6-5-7-9-19)13-18-11-16(3)10-17(4)12-18/h5-9,15-18,20-21H,10-14H2,1-4H3. The first-order valence-corrected chi connectivity index (χ1v) is 8.83. The van der Waals surface area contributed by atoms with E-state index < -0.39 is 0 Å². The zero-order chi connectivity index (χ0) is 15.2. The Morgan fingerprint density at radius 3 is 2.19 bits per heavy atom. The van der Waals surface area contributed by atoms with Crippen LogP contribution in [0.4, 0.5) is 0 Å². The highest BCUT2D eigenvalue weighted by molar-refractivity contribution is 5.20. The van der Waals surface area contributed by atoms with Crippen molar-refractivity contribution in [3.8, 4) is 0 Å². The second kappa shape index (κ2) is 7.98. The lowest BCUT2D eigenvalue weighted by Gasteiger charge is -2.34. The molecule has 0 saturated heterocycles. The maximum Gasteiger partial charge on any atom is 0.00226 e. The first-order valence-electron chi connectivity index (χ1n) is 8.83. The minimum absolute atomic E-state index is 0.570. The lowest BCUT2D eigenvalue weighted by molar-refractivity contribution is 0.200. The molecule has 0 aromatic heterocycles. The summed E-state index contributed by atoms with van der Waals surface area (Å²) in [6.45, 7) is 10.5. The predicted octanol–water partition coefficient (Wildman–Crippen LogP) is 5.23. The molecule has 0 spiro atoms. The summed E-state index contributed by atoms with van der Waals surface area (Å²) in [6, 6.07) is 11.7. The summed E-state index contributed by atoms with van der Waals surface area (Å²) < 4.78 is 0. The van der Waals surface area contributed by atoms with Crippen molar-refractivity contribution in [3.63, 3.8) is 0 Å². The molecule has 1 nitrogen and oxygen atoms in total. The highest BCUT2D eigenvalue weighted by Gasteiger charge is 2.26. The molecule has 21 heavy (non-hydrogen) atoms. The Labute approximate surface area is 131 Å². The van der Waals surface area contributed by atoms with Gasteiger partial charge in [0.2, 0.25) is 0 Å². The molecule has 0 bridgehead atoms. The molecule has 1 aromatic carbocycles. The Balaban J connectivity index is 2.01. The Kier molecular flexibility index (Phi) is 6.29. The van der Waals surface area contributed by atoms with Gasteiger partial charge in [0.05, 0.1) is 0 Å². The second-order valence-corrected chi connectivity index (χ2v) is 7.69. The van der Waals surface area contributed by atoms with Gasteiger partial charge in [-0.3, -0.25) is 0 Å². The van der Waals surface area contributed by atoms with Crippen molar-refractivity contribution in [2.75, 3.05) is 6.54 Å². The fourth-order valence-corrected chi connectivity index (χ4v) is 4.15. The second-order valence-electron chi connectivity index (χ2n) is 7.69. The van der Waals surface area contributed by atoms with Gasteiger partial charge in [0.25, 0.3) is 0 Å². The quantitative estimate of drug-likeness (QED) is 0.755. The van der Waals surface area contributed by atoms with Gasteiger partial charge in [0, 0.05) is 12.6 Å². The van der Waals surface area contributed by atoms with Crippen LogP contribution in [0.25, 0.3) is 0 Å². The van der Waals surface area contributed by atoms with Crippen molar-refractivity contribution in [3.05, 3.63) is 35.9 Å². The van der Waals surface area contributed by atoms with Gasteiger partial charge in [-0.2, -0.15) is 0 Å². The summed E-state index contributed by atoms with van der Waals surface area (Å²) in [7, 11) is 0. The van der Waals surface area contributed by atoms with Crippen LogP contribution in [0.1, 0.15) is 64.9 Å². The van der Waals surface area contributed by atoms with Crippen LogP contribution in [0.5, 0.6) is 0 Å². The zero-order valence-electron chi connectivity index (χ0n) is 14.3. The fraction of sp³-hybridized carbons (Fsp3) is 0.700. The molecule has 1 aliphatic rings. The van der Waals surface area contributed by atoms with E-state index in [2.05, 4.69) is 63.3 Å². The molecule has 1 N–H and O–H groups in total. The summed E-state index contributed by atoms with van der Waals surface area (Å²) in [5, 5.41) is 3.66. The molecule has 118 valence electrons. The van der Waals surface area contributed by atoms with Gasteiger partial charge in [0.1, 0.15) is 0 Å². The van der Waals surface area contributed by atoms with E-state index >= 15 is 0 Å². The van der Waals surface area contributed by atoms with Crippen molar-refractivity contribution in [1.82, 2.24) is 5.32 Å². The number of nitrogens with one attached hydrogen (secondary N) is 1. The van der Waals surface area contributed by atoms with Gasteiger partial charge < -0.3 is 5.32 Å². The number of hydrogen-bond donors (Lipinski definition) is 1. The third kappa shape index (κ3) is 5.47. The number of hydrogen-bond acceptors (Lipinski definition) is 1. The molecular weight excluding hydrogens is 254 g/mol. The van der Waals surface area contributed by atoms with E-state index in [1.165, 1.54) is 31.2 Å². The number of rotatable bonds is 6. The highest BCUT2D eigenvalue weighted by atomic mass is 14.9. The summed E-state index contributed by atoms with van der Waals surface area (Å²) in [5.74, 6) is 3.39. The fourth-order valence-electron chi connectivity index (χ4n) is 4.15. The Morgan fingerprint density at radius 2 is 1.62 bits per heavy atom. The molecule has 3 atom stereocenters. The highest BCUT2D eigenvalue weighted by Crippen LogP contribution is 2.38. The normalized spacial score (nSPS) is 27.8.